The summed E-state index contributed by atoms with van der Waals surface area (Å²) in [5.74, 6) is -0.160. The Morgan fingerprint density at radius 3 is 2.87 bits per heavy atom. The number of carbonyl (C=O) groups is 1. The molecule has 0 unspecified atom stereocenters. The third-order valence-electron chi connectivity index (χ3n) is 5.54. The van der Waals surface area contributed by atoms with Crippen molar-refractivity contribution in [3.63, 3.8) is 0 Å². The fraction of sp³-hybridized carbons (Fsp3) is 0.588. The number of nitro groups is 1. The van der Waals surface area contributed by atoms with E-state index in [-0.39, 0.29) is 16.9 Å². The highest BCUT2D eigenvalue weighted by molar-refractivity contribution is 6.00. The SMILES string of the molecule is Cc1ccc2c(c1)[C@@H]1CN(C)CC[C@@H]1N2C(=O)[C@H]1C[C@H]1[N+](=O)[O-]. The van der Waals surface area contributed by atoms with Crippen LogP contribution in [-0.2, 0) is 4.79 Å². The zero-order chi connectivity index (χ0) is 16.3. The lowest BCUT2D eigenvalue weighted by Crippen LogP contribution is -2.48. The first-order valence-corrected chi connectivity index (χ1v) is 8.23. The van der Waals surface area contributed by atoms with Gasteiger partial charge in [0.25, 0.3) is 0 Å². The predicted octanol–water partition coefficient (Wildman–Crippen LogP) is 1.79. The molecule has 0 radical (unpaired) electrons. The molecular weight excluding hydrogens is 294 g/mol. The van der Waals surface area contributed by atoms with Crippen LogP contribution in [-0.4, -0.2) is 48.0 Å². The van der Waals surface area contributed by atoms with E-state index in [9.17, 15) is 14.9 Å². The van der Waals surface area contributed by atoms with Crippen molar-refractivity contribution in [3.8, 4) is 0 Å². The summed E-state index contributed by atoms with van der Waals surface area (Å²) < 4.78 is 0. The van der Waals surface area contributed by atoms with Gasteiger partial charge in [-0.2, -0.15) is 0 Å². The van der Waals surface area contributed by atoms with Crippen LogP contribution in [0.15, 0.2) is 18.2 Å². The third kappa shape index (κ3) is 2.24. The molecule has 0 N–H and O–H groups in total. The molecule has 3 aliphatic rings. The summed E-state index contributed by atoms with van der Waals surface area (Å²) in [5.41, 5.74) is 3.40. The Labute approximate surface area is 135 Å². The number of rotatable bonds is 2. The van der Waals surface area contributed by atoms with Gasteiger partial charge in [-0.1, -0.05) is 17.7 Å². The number of piperidine rings is 1. The number of benzene rings is 1. The maximum atomic E-state index is 12.9. The number of hydrogen-bond acceptors (Lipinski definition) is 4. The van der Waals surface area contributed by atoms with Gasteiger partial charge in [-0.15, -0.1) is 0 Å². The van der Waals surface area contributed by atoms with Crippen molar-refractivity contribution in [1.82, 2.24) is 4.90 Å². The van der Waals surface area contributed by atoms with Gasteiger partial charge in [-0.25, -0.2) is 0 Å². The zero-order valence-electron chi connectivity index (χ0n) is 13.4. The number of amides is 1. The summed E-state index contributed by atoms with van der Waals surface area (Å²) >= 11 is 0. The van der Waals surface area contributed by atoms with Crippen molar-refractivity contribution in [3.05, 3.63) is 39.4 Å². The average Bonchev–Trinajstić information content (AvgIpc) is 3.25. The topological polar surface area (TPSA) is 66.7 Å². The van der Waals surface area contributed by atoms with Crippen molar-refractivity contribution in [2.45, 2.75) is 37.8 Å². The van der Waals surface area contributed by atoms with Crippen LogP contribution < -0.4 is 4.90 Å². The molecule has 1 saturated heterocycles. The lowest BCUT2D eigenvalue weighted by atomic mass is 9.89. The Hall–Kier alpha value is -1.95. The molecule has 1 aliphatic carbocycles. The van der Waals surface area contributed by atoms with Gasteiger partial charge in [0.1, 0.15) is 5.92 Å². The van der Waals surface area contributed by atoms with Crippen LogP contribution in [0.2, 0.25) is 0 Å². The molecule has 0 spiro atoms. The summed E-state index contributed by atoms with van der Waals surface area (Å²) in [5, 5.41) is 10.9. The highest BCUT2D eigenvalue weighted by Gasteiger charge is 2.57. The van der Waals surface area contributed by atoms with Crippen molar-refractivity contribution < 1.29 is 9.72 Å². The first-order valence-electron chi connectivity index (χ1n) is 8.23. The van der Waals surface area contributed by atoms with Gasteiger partial charge >= 0.3 is 0 Å². The second kappa shape index (κ2) is 5.03. The van der Waals surface area contributed by atoms with E-state index in [1.165, 1.54) is 11.1 Å². The molecule has 4 atom stereocenters. The second-order valence-electron chi connectivity index (χ2n) is 7.19. The zero-order valence-corrected chi connectivity index (χ0v) is 13.4. The first kappa shape index (κ1) is 14.6. The Bertz CT molecular complexity index is 690. The summed E-state index contributed by atoms with van der Waals surface area (Å²) in [6.45, 7) is 3.96. The maximum Gasteiger partial charge on any atom is 0.237 e. The van der Waals surface area contributed by atoms with Crippen LogP contribution >= 0.6 is 0 Å². The normalized spacial score (nSPS) is 32.3. The molecule has 6 nitrogen and oxygen atoms in total. The minimum atomic E-state index is -0.679. The maximum absolute atomic E-state index is 12.9. The number of fused-ring (bicyclic) bond motifs is 3. The number of aryl methyl sites for hydroxylation is 1. The van der Waals surface area contributed by atoms with Crippen LogP contribution in [0.1, 0.15) is 29.9 Å². The summed E-state index contributed by atoms with van der Waals surface area (Å²) in [4.78, 5) is 27.7. The summed E-state index contributed by atoms with van der Waals surface area (Å²) in [6, 6.07) is 5.70. The van der Waals surface area contributed by atoms with Crippen molar-refractivity contribution in [2.24, 2.45) is 5.92 Å². The van der Waals surface area contributed by atoms with Gasteiger partial charge < -0.3 is 9.80 Å². The largest absolute Gasteiger partial charge is 0.308 e. The van der Waals surface area contributed by atoms with E-state index >= 15 is 0 Å². The van der Waals surface area contributed by atoms with Crippen LogP contribution in [0.25, 0.3) is 0 Å². The molecule has 122 valence electrons. The lowest BCUT2D eigenvalue weighted by molar-refractivity contribution is -0.497. The number of likely N-dealkylation sites (tertiary alicyclic amines) is 1. The Morgan fingerprint density at radius 2 is 2.17 bits per heavy atom. The van der Waals surface area contributed by atoms with E-state index in [1.807, 2.05) is 17.0 Å². The van der Waals surface area contributed by atoms with Crippen molar-refractivity contribution in [2.75, 3.05) is 25.0 Å². The minimum absolute atomic E-state index is 0.0474. The molecule has 0 bridgehead atoms. The highest BCUT2D eigenvalue weighted by atomic mass is 16.6. The highest BCUT2D eigenvalue weighted by Crippen LogP contribution is 2.47. The molecule has 2 heterocycles. The molecule has 1 aromatic carbocycles. The summed E-state index contributed by atoms with van der Waals surface area (Å²) in [7, 11) is 2.11. The average molecular weight is 315 g/mol. The number of nitrogens with zero attached hydrogens (tertiary/aromatic N) is 3. The number of carbonyl (C=O) groups excluding carboxylic acids is 1. The van der Waals surface area contributed by atoms with E-state index < -0.39 is 12.0 Å². The minimum Gasteiger partial charge on any atom is -0.308 e. The third-order valence-corrected chi connectivity index (χ3v) is 5.54. The van der Waals surface area contributed by atoms with E-state index in [0.29, 0.717) is 12.3 Å². The van der Waals surface area contributed by atoms with Gasteiger partial charge in [0, 0.05) is 35.5 Å². The van der Waals surface area contributed by atoms with Gasteiger partial charge in [0.15, 0.2) is 0 Å². The number of likely N-dealkylation sites (N-methyl/N-ethyl adjacent to an activating group) is 1. The van der Waals surface area contributed by atoms with Gasteiger partial charge in [0.05, 0.1) is 0 Å². The monoisotopic (exact) mass is 315 g/mol. The van der Waals surface area contributed by atoms with Crippen LogP contribution in [0.3, 0.4) is 0 Å². The summed E-state index contributed by atoms with van der Waals surface area (Å²) in [6.07, 6.45) is 1.32. The smallest absolute Gasteiger partial charge is 0.237 e. The molecule has 23 heavy (non-hydrogen) atoms. The fourth-order valence-electron chi connectivity index (χ4n) is 4.23. The second-order valence-corrected chi connectivity index (χ2v) is 7.19. The Kier molecular flexibility index (Phi) is 3.20. The van der Waals surface area contributed by atoms with E-state index in [0.717, 1.165) is 25.2 Å². The van der Waals surface area contributed by atoms with Crippen molar-refractivity contribution in [1.29, 1.82) is 0 Å². The van der Waals surface area contributed by atoms with Gasteiger partial charge in [-0.3, -0.25) is 14.9 Å². The Balaban J connectivity index is 1.69. The molecular formula is C17H21N3O3. The fourth-order valence-corrected chi connectivity index (χ4v) is 4.23. The number of anilines is 1. The Morgan fingerprint density at radius 1 is 1.39 bits per heavy atom. The molecule has 2 fully saturated rings. The predicted molar refractivity (Wildman–Crippen MR) is 86.2 cm³/mol. The first-order chi connectivity index (χ1) is 11.0. The van der Waals surface area contributed by atoms with Crippen molar-refractivity contribution >= 4 is 11.6 Å². The quantitative estimate of drug-likeness (QED) is 0.616. The van der Waals surface area contributed by atoms with E-state index in [1.54, 1.807) is 0 Å². The van der Waals surface area contributed by atoms with Crippen LogP contribution in [0.4, 0.5) is 5.69 Å². The molecule has 0 aromatic heterocycles. The van der Waals surface area contributed by atoms with Gasteiger partial charge in [0.2, 0.25) is 11.9 Å². The molecule has 1 aromatic rings. The molecule has 4 rings (SSSR count). The molecule has 1 saturated carbocycles. The van der Waals surface area contributed by atoms with E-state index in [4.69, 9.17) is 0 Å². The van der Waals surface area contributed by atoms with Crippen LogP contribution in [0.5, 0.6) is 0 Å². The molecule has 6 heteroatoms. The molecule has 2 aliphatic heterocycles. The lowest BCUT2D eigenvalue weighted by Gasteiger charge is -2.36. The van der Waals surface area contributed by atoms with Gasteiger partial charge in [-0.05, 0) is 38.6 Å². The standard InChI is InChI=1S/C17H21N3O3/c1-10-3-4-14-11(7-10)13-9-18(2)6-5-15(13)19(14)17(21)12-8-16(12)20(22)23/h3-4,7,12-13,15-16H,5-6,8-9H2,1-2H3/t12-,13-,15-,16+/m0/s1. The number of hydrogen-bond donors (Lipinski definition) is 0. The van der Waals surface area contributed by atoms with E-state index in [2.05, 4.69) is 24.9 Å². The van der Waals surface area contributed by atoms with Crippen LogP contribution in [0, 0.1) is 23.0 Å². The molecule has 1 amide bonds.